The second-order valence-corrected chi connectivity index (χ2v) is 5.80. The van der Waals surface area contributed by atoms with E-state index in [1.54, 1.807) is 0 Å². The number of carbonyl (C=O) groups is 2. The summed E-state index contributed by atoms with van der Waals surface area (Å²) in [5.41, 5.74) is 8.18. The molecule has 1 unspecified atom stereocenters. The monoisotopic (exact) mass is 379 g/mol. The van der Waals surface area contributed by atoms with Crippen LogP contribution in [-0.4, -0.2) is 24.9 Å². The fourth-order valence-corrected chi connectivity index (χ4v) is 2.24. The number of benzene rings is 2. The molecule has 0 fully saturated rings. The van der Waals surface area contributed by atoms with Gasteiger partial charge >= 0.3 is 0 Å². The van der Waals surface area contributed by atoms with Crippen molar-refractivity contribution in [3.8, 4) is 0 Å². The molecule has 2 rings (SSSR count). The summed E-state index contributed by atoms with van der Waals surface area (Å²) in [6, 6.07) is 12.1. The molecule has 0 radical (unpaired) electrons. The molecule has 140 valence electrons. The number of hydrogen-bond acceptors (Lipinski definition) is 3. The first-order valence-corrected chi connectivity index (χ1v) is 8.11. The lowest BCUT2D eigenvalue weighted by Gasteiger charge is -2.13. The topological polar surface area (TPSA) is 84.2 Å². The molecule has 0 saturated carbocycles. The minimum absolute atomic E-state index is 0. The molecular weight excluding hydrogens is 357 g/mol. The summed E-state index contributed by atoms with van der Waals surface area (Å²) in [4.78, 5) is 23.9. The first kappa shape index (κ1) is 21.6. The van der Waals surface area contributed by atoms with Crippen LogP contribution in [0.25, 0.3) is 0 Å². The van der Waals surface area contributed by atoms with Crippen molar-refractivity contribution in [3.63, 3.8) is 0 Å². The van der Waals surface area contributed by atoms with Crippen LogP contribution in [0, 0.1) is 12.7 Å². The third-order valence-corrected chi connectivity index (χ3v) is 3.76. The Hall–Kier alpha value is -2.44. The van der Waals surface area contributed by atoms with E-state index in [-0.39, 0.29) is 30.0 Å². The molecule has 0 bridgehead atoms. The van der Waals surface area contributed by atoms with E-state index >= 15 is 0 Å². The molecule has 0 aromatic heterocycles. The van der Waals surface area contributed by atoms with Gasteiger partial charge < -0.3 is 16.4 Å². The van der Waals surface area contributed by atoms with Crippen molar-refractivity contribution in [2.75, 3.05) is 13.1 Å². The number of amides is 2. The van der Waals surface area contributed by atoms with Gasteiger partial charge in [0.15, 0.2) is 0 Å². The van der Waals surface area contributed by atoms with Crippen molar-refractivity contribution >= 4 is 24.2 Å². The van der Waals surface area contributed by atoms with E-state index in [0.29, 0.717) is 25.1 Å². The average Bonchev–Trinajstić information content (AvgIpc) is 2.61. The molecule has 2 aromatic rings. The smallest absolute Gasteiger partial charge is 0.251 e. The highest BCUT2D eigenvalue weighted by Gasteiger charge is 2.14. The summed E-state index contributed by atoms with van der Waals surface area (Å²) in [7, 11) is 0. The predicted molar refractivity (Wildman–Crippen MR) is 102 cm³/mol. The van der Waals surface area contributed by atoms with Crippen LogP contribution < -0.4 is 16.4 Å². The van der Waals surface area contributed by atoms with E-state index in [4.69, 9.17) is 5.73 Å². The summed E-state index contributed by atoms with van der Waals surface area (Å²) in [5, 5.41) is 5.47. The van der Waals surface area contributed by atoms with Gasteiger partial charge in [-0.3, -0.25) is 9.59 Å². The summed E-state index contributed by atoms with van der Waals surface area (Å²) in [5.74, 6) is -0.916. The molecular formula is C19H23ClFN3O2. The van der Waals surface area contributed by atoms with Crippen LogP contribution in [0.1, 0.15) is 33.9 Å². The highest BCUT2D eigenvalue weighted by atomic mass is 35.5. The normalized spacial score (nSPS) is 11.2. The highest BCUT2D eigenvalue weighted by Crippen LogP contribution is 2.11. The molecule has 0 heterocycles. The Labute approximate surface area is 158 Å². The Balaban J connectivity index is 0.00000338. The lowest BCUT2D eigenvalue weighted by Crippen LogP contribution is -2.36. The van der Waals surface area contributed by atoms with Crippen LogP contribution in [0.15, 0.2) is 48.5 Å². The van der Waals surface area contributed by atoms with Crippen LogP contribution in [0.4, 0.5) is 4.39 Å². The van der Waals surface area contributed by atoms with Gasteiger partial charge in [-0.1, -0.05) is 29.8 Å². The second-order valence-electron chi connectivity index (χ2n) is 5.80. The Morgan fingerprint density at radius 2 is 1.58 bits per heavy atom. The van der Waals surface area contributed by atoms with Gasteiger partial charge in [0, 0.05) is 18.7 Å². The van der Waals surface area contributed by atoms with Crippen LogP contribution in [0.2, 0.25) is 0 Å². The largest absolute Gasteiger partial charge is 0.354 e. The molecule has 0 saturated heterocycles. The fraction of sp³-hybridized carbons (Fsp3) is 0.263. The maximum atomic E-state index is 12.8. The zero-order valence-corrected chi connectivity index (χ0v) is 15.3. The number of halogens is 2. The molecule has 7 heteroatoms. The Kier molecular flexibility index (Phi) is 8.75. The molecule has 2 amide bonds. The zero-order chi connectivity index (χ0) is 18.2. The third-order valence-electron chi connectivity index (χ3n) is 3.76. The van der Waals surface area contributed by atoms with Gasteiger partial charge in [0.2, 0.25) is 5.91 Å². The van der Waals surface area contributed by atoms with E-state index in [0.717, 1.165) is 11.1 Å². The van der Waals surface area contributed by atoms with Crippen molar-refractivity contribution in [3.05, 3.63) is 71.0 Å². The van der Waals surface area contributed by atoms with Crippen LogP contribution in [0.3, 0.4) is 0 Å². The van der Waals surface area contributed by atoms with Crippen molar-refractivity contribution in [2.45, 2.75) is 19.4 Å². The summed E-state index contributed by atoms with van der Waals surface area (Å²) < 4.78 is 12.8. The zero-order valence-electron chi connectivity index (χ0n) is 14.5. The molecule has 4 N–H and O–H groups in total. The predicted octanol–water partition coefficient (Wildman–Crippen LogP) is 2.49. The molecule has 0 spiro atoms. The SMILES string of the molecule is Cc1ccc(C(N)C(=O)NCCCNC(=O)c2ccc(F)cc2)cc1.Cl. The van der Waals surface area contributed by atoms with Crippen LogP contribution in [-0.2, 0) is 4.79 Å². The summed E-state index contributed by atoms with van der Waals surface area (Å²) >= 11 is 0. The van der Waals surface area contributed by atoms with Crippen molar-refractivity contribution in [1.29, 1.82) is 0 Å². The fourth-order valence-electron chi connectivity index (χ4n) is 2.24. The van der Waals surface area contributed by atoms with Gasteiger partial charge in [-0.2, -0.15) is 0 Å². The van der Waals surface area contributed by atoms with Gasteiger partial charge in [-0.05, 0) is 43.2 Å². The van der Waals surface area contributed by atoms with Crippen molar-refractivity contribution in [1.82, 2.24) is 10.6 Å². The Bertz CT molecular complexity index is 721. The molecule has 0 aliphatic rings. The Morgan fingerprint density at radius 3 is 2.19 bits per heavy atom. The first-order chi connectivity index (χ1) is 12.0. The number of aryl methyl sites for hydroxylation is 1. The number of rotatable bonds is 7. The number of carbonyl (C=O) groups excluding carboxylic acids is 2. The standard InChI is InChI=1S/C19H22FN3O2.ClH/c1-13-3-5-14(6-4-13)17(21)19(25)23-12-2-11-22-18(24)15-7-9-16(20)10-8-15;/h3-10,17H,2,11-12,21H2,1H3,(H,22,24)(H,23,25);1H. The number of nitrogens with two attached hydrogens (primary N) is 1. The van der Waals surface area contributed by atoms with Crippen LogP contribution >= 0.6 is 12.4 Å². The van der Waals surface area contributed by atoms with Gasteiger partial charge in [-0.15, -0.1) is 12.4 Å². The van der Waals surface area contributed by atoms with Crippen LogP contribution in [0.5, 0.6) is 0 Å². The molecule has 5 nitrogen and oxygen atoms in total. The van der Waals surface area contributed by atoms with Gasteiger partial charge in [-0.25, -0.2) is 4.39 Å². The van der Waals surface area contributed by atoms with Gasteiger partial charge in [0.05, 0.1) is 0 Å². The molecule has 2 aromatic carbocycles. The maximum Gasteiger partial charge on any atom is 0.251 e. The van der Waals surface area contributed by atoms with Gasteiger partial charge in [0.1, 0.15) is 11.9 Å². The van der Waals surface area contributed by atoms with Crippen molar-refractivity contribution in [2.24, 2.45) is 5.73 Å². The van der Waals surface area contributed by atoms with E-state index < -0.39 is 6.04 Å². The molecule has 1 atom stereocenters. The minimum atomic E-state index is -0.714. The van der Waals surface area contributed by atoms with E-state index in [1.165, 1.54) is 24.3 Å². The highest BCUT2D eigenvalue weighted by molar-refractivity contribution is 5.94. The third kappa shape index (κ3) is 6.46. The first-order valence-electron chi connectivity index (χ1n) is 8.11. The summed E-state index contributed by atoms with van der Waals surface area (Å²) in [6.07, 6.45) is 0.569. The lowest BCUT2D eigenvalue weighted by atomic mass is 10.1. The van der Waals surface area contributed by atoms with E-state index in [9.17, 15) is 14.0 Å². The second kappa shape index (κ2) is 10.5. The quantitative estimate of drug-likeness (QED) is 0.646. The minimum Gasteiger partial charge on any atom is -0.354 e. The number of hydrogen-bond donors (Lipinski definition) is 3. The summed E-state index contributed by atoms with van der Waals surface area (Å²) in [6.45, 7) is 2.77. The molecule has 26 heavy (non-hydrogen) atoms. The van der Waals surface area contributed by atoms with E-state index in [1.807, 2.05) is 31.2 Å². The van der Waals surface area contributed by atoms with Gasteiger partial charge in [0.25, 0.3) is 5.91 Å². The van der Waals surface area contributed by atoms with Crippen molar-refractivity contribution < 1.29 is 14.0 Å². The molecule has 0 aliphatic carbocycles. The average molecular weight is 380 g/mol. The lowest BCUT2D eigenvalue weighted by molar-refractivity contribution is -0.122. The Morgan fingerprint density at radius 1 is 1.00 bits per heavy atom. The molecule has 0 aliphatic heterocycles. The number of nitrogens with one attached hydrogen (secondary N) is 2. The van der Waals surface area contributed by atoms with E-state index in [2.05, 4.69) is 10.6 Å². The maximum absolute atomic E-state index is 12.8.